The van der Waals surface area contributed by atoms with Crippen molar-refractivity contribution >= 4 is 61.7 Å². The van der Waals surface area contributed by atoms with E-state index in [1.807, 2.05) is 37.6 Å². The van der Waals surface area contributed by atoms with Gasteiger partial charge in [0.2, 0.25) is 5.91 Å². The van der Waals surface area contributed by atoms with Gasteiger partial charge in [-0.25, -0.2) is 9.97 Å². The third-order valence-electron chi connectivity index (χ3n) is 4.12. The molecule has 0 saturated heterocycles. The van der Waals surface area contributed by atoms with Crippen LogP contribution in [0.15, 0.2) is 36.7 Å². The van der Waals surface area contributed by atoms with Crippen LogP contribution in [0.5, 0.6) is 5.75 Å². The number of aromatic nitrogens is 3. The number of thiazole rings is 1. The predicted octanol–water partition coefficient (Wildman–Crippen LogP) is 4.23. The zero-order chi connectivity index (χ0) is 19.1. The van der Waals surface area contributed by atoms with Crippen LogP contribution in [0.2, 0.25) is 0 Å². The van der Waals surface area contributed by atoms with E-state index in [-0.39, 0.29) is 18.5 Å². The van der Waals surface area contributed by atoms with Crippen LogP contribution in [0, 0.1) is 0 Å². The molecule has 0 bridgehead atoms. The molecule has 0 radical (unpaired) electrons. The Kier molecular flexibility index (Phi) is 5.44. The number of hydrogen-bond donors (Lipinski definition) is 2. The third kappa shape index (κ3) is 3.61. The fourth-order valence-corrected chi connectivity index (χ4v) is 3.78. The maximum absolute atomic E-state index is 11.6. The predicted molar refractivity (Wildman–Crippen MR) is 115 cm³/mol. The summed E-state index contributed by atoms with van der Waals surface area (Å²) in [6.07, 6.45) is 1.77. The molecule has 0 aliphatic rings. The number of primary amides is 1. The number of nitrogens with two attached hydrogens (primary N) is 1. The number of nitrogens with one attached hydrogen (secondary N) is 1. The molecule has 146 valence electrons. The van der Waals surface area contributed by atoms with Gasteiger partial charge in [0.05, 0.1) is 28.3 Å². The summed E-state index contributed by atoms with van der Waals surface area (Å²) in [7, 11) is 1.96. The van der Waals surface area contributed by atoms with E-state index in [2.05, 4.69) is 10.3 Å². The van der Waals surface area contributed by atoms with Crippen molar-refractivity contribution in [3.63, 3.8) is 0 Å². The van der Waals surface area contributed by atoms with Crippen molar-refractivity contribution in [2.75, 3.05) is 5.32 Å². The summed E-state index contributed by atoms with van der Waals surface area (Å²) in [5, 5.41) is 3.97. The van der Waals surface area contributed by atoms with Gasteiger partial charge in [-0.3, -0.25) is 4.79 Å². The Morgan fingerprint density at radius 1 is 1.25 bits per heavy atom. The van der Waals surface area contributed by atoms with Gasteiger partial charge in [-0.1, -0.05) is 11.3 Å². The Morgan fingerprint density at radius 2 is 2.04 bits per heavy atom. The molecule has 0 spiro atoms. The minimum absolute atomic E-state index is 0. The molecule has 7 nitrogen and oxygen atoms in total. The standard InChI is InChI=1S/C19H19N5O2S.ClH/c1-10(2)26-14-6-4-11(18(20)25)8-12(14)22-19-23-17-15(27-19)7-5-13-16(17)21-9-24(13)3;/h4-10H,1-3H3,(H2,20,25)(H,22,23);1H. The number of rotatable bonds is 5. The van der Waals surface area contributed by atoms with Crippen molar-refractivity contribution in [1.29, 1.82) is 0 Å². The van der Waals surface area contributed by atoms with E-state index >= 15 is 0 Å². The number of nitrogens with zero attached hydrogens (tertiary/aromatic N) is 3. The topological polar surface area (TPSA) is 95.1 Å². The van der Waals surface area contributed by atoms with Crippen molar-refractivity contribution in [2.45, 2.75) is 20.0 Å². The maximum atomic E-state index is 11.6. The van der Waals surface area contributed by atoms with Gasteiger partial charge in [-0.15, -0.1) is 12.4 Å². The first-order valence-corrected chi connectivity index (χ1v) is 9.32. The molecule has 0 fully saturated rings. The zero-order valence-electron chi connectivity index (χ0n) is 15.6. The van der Waals surface area contributed by atoms with E-state index in [0.29, 0.717) is 22.1 Å². The highest BCUT2D eigenvalue weighted by atomic mass is 35.5. The summed E-state index contributed by atoms with van der Waals surface area (Å²) in [4.78, 5) is 20.7. The summed E-state index contributed by atoms with van der Waals surface area (Å²) in [6.45, 7) is 3.89. The van der Waals surface area contributed by atoms with Gasteiger partial charge in [-0.05, 0) is 44.2 Å². The van der Waals surface area contributed by atoms with E-state index < -0.39 is 5.91 Å². The molecule has 2 heterocycles. The summed E-state index contributed by atoms with van der Waals surface area (Å²) in [5.74, 6) is 0.144. The number of aryl methyl sites for hydroxylation is 1. The van der Waals surface area contributed by atoms with Crippen molar-refractivity contribution < 1.29 is 9.53 Å². The smallest absolute Gasteiger partial charge is 0.248 e. The first-order chi connectivity index (χ1) is 12.9. The van der Waals surface area contributed by atoms with E-state index in [4.69, 9.17) is 15.5 Å². The van der Waals surface area contributed by atoms with E-state index in [1.54, 1.807) is 24.5 Å². The Hall–Kier alpha value is -2.84. The second-order valence-electron chi connectivity index (χ2n) is 6.52. The lowest BCUT2D eigenvalue weighted by Crippen LogP contribution is -2.12. The highest BCUT2D eigenvalue weighted by molar-refractivity contribution is 7.22. The van der Waals surface area contributed by atoms with Crippen LogP contribution in [-0.4, -0.2) is 26.5 Å². The molecule has 2 aromatic carbocycles. The Balaban J connectivity index is 0.00000225. The number of carbonyl (C=O) groups excluding carboxylic acids is 1. The van der Waals surface area contributed by atoms with Gasteiger partial charge >= 0.3 is 0 Å². The zero-order valence-corrected chi connectivity index (χ0v) is 17.2. The molecule has 1 amide bonds. The number of hydrogen-bond acceptors (Lipinski definition) is 6. The molecule has 28 heavy (non-hydrogen) atoms. The van der Waals surface area contributed by atoms with Gasteiger partial charge in [-0.2, -0.15) is 0 Å². The number of halogens is 1. The van der Waals surface area contributed by atoms with Crippen LogP contribution in [0.25, 0.3) is 21.3 Å². The van der Waals surface area contributed by atoms with Crippen molar-refractivity contribution in [3.8, 4) is 5.75 Å². The molecule has 3 N–H and O–H groups in total. The summed E-state index contributed by atoms with van der Waals surface area (Å²) in [5.41, 5.74) is 9.21. The second-order valence-corrected chi connectivity index (χ2v) is 7.55. The van der Waals surface area contributed by atoms with Gasteiger partial charge in [0.15, 0.2) is 5.13 Å². The molecule has 2 aromatic heterocycles. The quantitative estimate of drug-likeness (QED) is 0.506. The Bertz CT molecular complexity index is 1170. The molecule has 9 heteroatoms. The monoisotopic (exact) mass is 417 g/mol. The summed E-state index contributed by atoms with van der Waals surface area (Å²) in [6, 6.07) is 9.15. The minimum Gasteiger partial charge on any atom is -0.489 e. The van der Waals surface area contributed by atoms with Crippen molar-refractivity contribution in [1.82, 2.24) is 14.5 Å². The van der Waals surface area contributed by atoms with E-state index in [9.17, 15) is 4.79 Å². The lowest BCUT2D eigenvalue weighted by molar-refractivity contribution is 0.100. The number of imidazole rings is 1. The van der Waals surface area contributed by atoms with Crippen LogP contribution in [0.4, 0.5) is 10.8 Å². The van der Waals surface area contributed by atoms with Crippen LogP contribution in [0.3, 0.4) is 0 Å². The van der Waals surface area contributed by atoms with Crippen LogP contribution in [-0.2, 0) is 7.05 Å². The fourth-order valence-electron chi connectivity index (χ4n) is 2.89. The average molecular weight is 418 g/mol. The molecular formula is C19H20ClN5O2S. The number of amides is 1. The fraction of sp³-hybridized carbons (Fsp3) is 0.211. The Morgan fingerprint density at radius 3 is 2.75 bits per heavy atom. The second kappa shape index (κ2) is 7.65. The lowest BCUT2D eigenvalue weighted by atomic mass is 10.1. The first-order valence-electron chi connectivity index (χ1n) is 8.50. The highest BCUT2D eigenvalue weighted by Gasteiger charge is 2.14. The van der Waals surface area contributed by atoms with Crippen LogP contribution < -0.4 is 15.8 Å². The normalized spacial score (nSPS) is 11.0. The average Bonchev–Trinajstić information content (AvgIpc) is 3.19. The molecule has 0 aliphatic carbocycles. The third-order valence-corrected chi connectivity index (χ3v) is 5.06. The largest absolute Gasteiger partial charge is 0.489 e. The summed E-state index contributed by atoms with van der Waals surface area (Å²) >= 11 is 1.51. The number of ether oxygens (including phenoxy) is 1. The highest BCUT2D eigenvalue weighted by Crippen LogP contribution is 2.35. The van der Waals surface area contributed by atoms with Crippen LogP contribution >= 0.6 is 23.7 Å². The van der Waals surface area contributed by atoms with Gasteiger partial charge in [0.25, 0.3) is 0 Å². The van der Waals surface area contributed by atoms with E-state index in [1.165, 1.54) is 11.3 Å². The van der Waals surface area contributed by atoms with Crippen molar-refractivity contribution in [3.05, 3.63) is 42.2 Å². The SMILES string of the molecule is CC(C)Oc1ccc(C(N)=O)cc1Nc1nc2c(ccc3c2ncn3C)s1.Cl. The minimum atomic E-state index is -0.492. The number of carbonyl (C=O) groups is 1. The molecule has 0 atom stereocenters. The maximum Gasteiger partial charge on any atom is 0.248 e. The number of fused-ring (bicyclic) bond motifs is 3. The molecule has 4 aromatic rings. The van der Waals surface area contributed by atoms with E-state index in [0.717, 1.165) is 21.3 Å². The lowest BCUT2D eigenvalue weighted by Gasteiger charge is -2.15. The van der Waals surface area contributed by atoms with Gasteiger partial charge < -0.3 is 20.4 Å². The molecular weight excluding hydrogens is 398 g/mol. The molecule has 0 saturated carbocycles. The number of anilines is 2. The summed E-state index contributed by atoms with van der Waals surface area (Å²) < 4.78 is 8.84. The van der Waals surface area contributed by atoms with Crippen molar-refractivity contribution in [2.24, 2.45) is 12.8 Å². The molecule has 4 rings (SSSR count). The Labute approximate surface area is 171 Å². The van der Waals surface area contributed by atoms with Crippen LogP contribution in [0.1, 0.15) is 24.2 Å². The van der Waals surface area contributed by atoms with Gasteiger partial charge in [0.1, 0.15) is 16.8 Å². The number of benzene rings is 2. The molecule has 0 aliphatic heterocycles. The van der Waals surface area contributed by atoms with Gasteiger partial charge in [0, 0.05) is 12.6 Å². The molecule has 0 unspecified atom stereocenters. The first kappa shape index (κ1) is 19.9.